The van der Waals surface area contributed by atoms with Crippen LogP contribution in [-0.4, -0.2) is 19.7 Å². The van der Waals surface area contributed by atoms with E-state index in [0.29, 0.717) is 21.5 Å². The number of nitrogens with zero attached hydrogens (tertiary/aromatic N) is 4. The first-order valence-corrected chi connectivity index (χ1v) is 7.38. The highest BCUT2D eigenvalue weighted by Gasteiger charge is 2.15. The first-order valence-electron chi connectivity index (χ1n) is 6.62. The maximum atomic E-state index is 6.24. The Morgan fingerprint density at radius 3 is 2.82 bits per heavy atom. The van der Waals surface area contributed by atoms with Gasteiger partial charge in [0.1, 0.15) is 5.82 Å². The molecule has 3 rings (SSSR count). The minimum atomic E-state index is -0.107. The van der Waals surface area contributed by atoms with E-state index in [-0.39, 0.29) is 12.0 Å². The number of hydrogen-bond acceptors (Lipinski definition) is 5. The maximum Gasteiger partial charge on any atom is 0.224 e. The lowest BCUT2D eigenvalue weighted by molar-refractivity contribution is 0.786. The van der Waals surface area contributed by atoms with Gasteiger partial charge in [0.05, 0.1) is 17.6 Å². The number of nitrogens with one attached hydrogen (secondary N) is 1. The number of hydrogen-bond donors (Lipinski definition) is 2. The Morgan fingerprint density at radius 2 is 2.05 bits per heavy atom. The molecule has 114 valence electrons. The fraction of sp³-hybridized carbons (Fsp3) is 0.214. The van der Waals surface area contributed by atoms with E-state index in [4.69, 9.17) is 28.9 Å². The molecule has 0 aliphatic heterocycles. The number of nitrogen functional groups attached to an aromatic ring is 1. The quantitative estimate of drug-likeness (QED) is 0.765. The van der Waals surface area contributed by atoms with Crippen LogP contribution in [0.1, 0.15) is 18.5 Å². The topological polar surface area (TPSA) is 81.7 Å². The Balaban J connectivity index is 2.01. The van der Waals surface area contributed by atoms with Gasteiger partial charge in [-0.3, -0.25) is 4.68 Å². The lowest BCUT2D eigenvalue weighted by atomic mass is 10.1. The predicted molar refractivity (Wildman–Crippen MR) is 89.2 cm³/mol. The predicted octanol–water partition coefficient (Wildman–Crippen LogP) is 3.43. The van der Waals surface area contributed by atoms with Crippen molar-refractivity contribution in [3.63, 3.8) is 0 Å². The smallest absolute Gasteiger partial charge is 0.224 e. The summed E-state index contributed by atoms with van der Waals surface area (Å²) in [5.41, 5.74) is 7.31. The third kappa shape index (κ3) is 2.67. The van der Waals surface area contributed by atoms with E-state index in [1.54, 1.807) is 30.1 Å². The van der Waals surface area contributed by atoms with Crippen molar-refractivity contribution in [1.29, 1.82) is 0 Å². The molecule has 0 aliphatic rings. The summed E-state index contributed by atoms with van der Waals surface area (Å²) >= 11 is 12.3. The SMILES string of the molecule is C[C@H](Nc1nc(N)nc2c1cnn2C)c1cc(Cl)ccc1Cl. The molecule has 0 amide bonds. The molecular weight excluding hydrogens is 323 g/mol. The van der Waals surface area contributed by atoms with Crippen molar-refractivity contribution in [2.75, 3.05) is 11.1 Å². The molecule has 0 saturated heterocycles. The minimum Gasteiger partial charge on any atom is -0.368 e. The zero-order chi connectivity index (χ0) is 15.9. The van der Waals surface area contributed by atoms with Gasteiger partial charge < -0.3 is 11.1 Å². The van der Waals surface area contributed by atoms with Crippen molar-refractivity contribution in [2.24, 2.45) is 7.05 Å². The summed E-state index contributed by atoms with van der Waals surface area (Å²) in [5, 5.41) is 9.53. The zero-order valence-corrected chi connectivity index (χ0v) is 13.5. The Morgan fingerprint density at radius 1 is 1.27 bits per heavy atom. The van der Waals surface area contributed by atoms with Crippen molar-refractivity contribution in [3.05, 3.63) is 40.0 Å². The molecule has 8 heteroatoms. The van der Waals surface area contributed by atoms with Crippen LogP contribution in [0.15, 0.2) is 24.4 Å². The largest absolute Gasteiger partial charge is 0.368 e. The van der Waals surface area contributed by atoms with Crippen molar-refractivity contribution in [3.8, 4) is 0 Å². The normalized spacial score (nSPS) is 12.5. The van der Waals surface area contributed by atoms with E-state index >= 15 is 0 Å². The highest BCUT2D eigenvalue weighted by atomic mass is 35.5. The molecule has 22 heavy (non-hydrogen) atoms. The van der Waals surface area contributed by atoms with Crippen molar-refractivity contribution in [2.45, 2.75) is 13.0 Å². The van der Waals surface area contributed by atoms with E-state index < -0.39 is 0 Å². The molecule has 6 nitrogen and oxygen atoms in total. The number of rotatable bonds is 3. The molecule has 2 aromatic heterocycles. The second kappa shape index (κ2) is 5.62. The van der Waals surface area contributed by atoms with Crippen molar-refractivity contribution < 1.29 is 0 Å². The molecule has 0 fully saturated rings. The molecule has 0 radical (unpaired) electrons. The Labute approximate surface area is 137 Å². The molecular formula is C14H14Cl2N6. The number of benzene rings is 1. The van der Waals surface area contributed by atoms with E-state index in [9.17, 15) is 0 Å². The molecule has 0 bridgehead atoms. The van der Waals surface area contributed by atoms with Crippen LogP contribution in [-0.2, 0) is 7.05 Å². The number of halogens is 2. The first-order chi connectivity index (χ1) is 10.5. The Hall–Kier alpha value is -2.05. The summed E-state index contributed by atoms with van der Waals surface area (Å²) in [6.07, 6.45) is 1.70. The number of anilines is 2. The third-order valence-corrected chi connectivity index (χ3v) is 3.97. The summed E-state index contributed by atoms with van der Waals surface area (Å²) in [6.45, 7) is 1.97. The zero-order valence-electron chi connectivity index (χ0n) is 12.0. The van der Waals surface area contributed by atoms with Crippen LogP contribution in [0, 0.1) is 0 Å². The maximum absolute atomic E-state index is 6.24. The van der Waals surface area contributed by atoms with Crippen molar-refractivity contribution in [1.82, 2.24) is 19.7 Å². The van der Waals surface area contributed by atoms with Crippen molar-refractivity contribution >= 4 is 46.0 Å². The monoisotopic (exact) mass is 336 g/mol. The number of fused-ring (bicyclic) bond motifs is 1. The fourth-order valence-electron chi connectivity index (χ4n) is 2.28. The minimum absolute atomic E-state index is 0.107. The number of nitrogens with two attached hydrogens (primary N) is 1. The Bertz CT molecular complexity index is 845. The van der Waals surface area contributed by atoms with Gasteiger partial charge in [-0.15, -0.1) is 0 Å². The van der Waals surface area contributed by atoms with E-state index in [1.807, 2.05) is 13.0 Å². The molecule has 0 spiro atoms. The molecule has 3 N–H and O–H groups in total. The van der Waals surface area contributed by atoms with Crippen LogP contribution in [0.3, 0.4) is 0 Å². The van der Waals surface area contributed by atoms with Gasteiger partial charge in [-0.1, -0.05) is 23.2 Å². The molecule has 1 aromatic carbocycles. The number of aromatic nitrogens is 4. The van der Waals surface area contributed by atoms with Gasteiger partial charge in [0.15, 0.2) is 5.65 Å². The second-order valence-corrected chi connectivity index (χ2v) is 5.81. The highest BCUT2D eigenvalue weighted by Crippen LogP contribution is 2.30. The number of aryl methyl sites for hydroxylation is 1. The van der Waals surface area contributed by atoms with Crippen LogP contribution in [0.4, 0.5) is 11.8 Å². The van der Waals surface area contributed by atoms with Crippen LogP contribution >= 0.6 is 23.2 Å². The Kier molecular flexibility index (Phi) is 3.80. The molecule has 1 atom stereocenters. The summed E-state index contributed by atoms with van der Waals surface area (Å²) in [7, 11) is 1.80. The third-order valence-electron chi connectivity index (χ3n) is 3.39. The molecule has 2 heterocycles. The molecule has 0 aliphatic carbocycles. The standard InChI is InChI=1S/C14H14Cl2N6/c1-7(9-5-8(15)3-4-11(9)16)19-12-10-6-18-22(2)13(10)21-14(17)20-12/h3-7H,1-2H3,(H3,17,19,20,21)/t7-/m0/s1. The summed E-state index contributed by atoms with van der Waals surface area (Å²) in [5.74, 6) is 0.794. The summed E-state index contributed by atoms with van der Waals surface area (Å²) in [4.78, 5) is 8.45. The van der Waals surface area contributed by atoms with Crippen LogP contribution in [0.2, 0.25) is 10.0 Å². The van der Waals surface area contributed by atoms with Gasteiger partial charge in [0.25, 0.3) is 0 Å². The lowest BCUT2D eigenvalue weighted by Crippen LogP contribution is -2.10. The first kappa shape index (κ1) is 14.9. The summed E-state index contributed by atoms with van der Waals surface area (Å²) < 4.78 is 1.65. The van der Waals surface area contributed by atoms with Gasteiger partial charge >= 0.3 is 0 Å². The van der Waals surface area contributed by atoms with E-state index in [2.05, 4.69) is 20.4 Å². The molecule has 0 saturated carbocycles. The van der Waals surface area contributed by atoms with Gasteiger partial charge in [0, 0.05) is 17.1 Å². The van der Waals surface area contributed by atoms with Crippen LogP contribution in [0.5, 0.6) is 0 Å². The lowest BCUT2D eigenvalue weighted by Gasteiger charge is -2.17. The molecule has 0 unspecified atom stereocenters. The van der Waals surface area contributed by atoms with Gasteiger partial charge in [-0.05, 0) is 30.7 Å². The summed E-state index contributed by atoms with van der Waals surface area (Å²) in [6, 6.07) is 5.24. The van der Waals surface area contributed by atoms with Gasteiger partial charge in [0.2, 0.25) is 5.95 Å². The van der Waals surface area contributed by atoms with Crippen LogP contribution in [0.25, 0.3) is 11.0 Å². The molecule has 3 aromatic rings. The fourth-order valence-corrected chi connectivity index (χ4v) is 2.74. The van der Waals surface area contributed by atoms with Crippen LogP contribution < -0.4 is 11.1 Å². The second-order valence-electron chi connectivity index (χ2n) is 4.97. The van der Waals surface area contributed by atoms with E-state index in [1.165, 1.54) is 0 Å². The average molecular weight is 337 g/mol. The highest BCUT2D eigenvalue weighted by molar-refractivity contribution is 6.33. The van der Waals surface area contributed by atoms with Gasteiger partial charge in [-0.2, -0.15) is 15.1 Å². The van der Waals surface area contributed by atoms with Gasteiger partial charge in [-0.25, -0.2) is 0 Å². The van der Waals surface area contributed by atoms with E-state index in [0.717, 1.165) is 10.9 Å². The average Bonchev–Trinajstić information content (AvgIpc) is 2.83.